The summed E-state index contributed by atoms with van der Waals surface area (Å²) < 4.78 is 32.8. The summed E-state index contributed by atoms with van der Waals surface area (Å²) in [5.41, 5.74) is 0.810. The van der Waals surface area contributed by atoms with E-state index < -0.39 is 11.6 Å². The maximum absolute atomic E-state index is 12.7. The lowest BCUT2D eigenvalue weighted by atomic mass is 10.0. The average molecular weight is 478 g/mol. The number of carbonyl (C=O) groups excluding carboxylic acids is 1. The molecule has 0 radical (unpaired) electrons. The van der Waals surface area contributed by atoms with Crippen LogP contribution in [0.3, 0.4) is 0 Å². The molecule has 182 valence electrons. The first-order valence-electron chi connectivity index (χ1n) is 11.0. The molecule has 0 N–H and O–H groups in total. The molecule has 0 aliphatic heterocycles. The van der Waals surface area contributed by atoms with E-state index in [2.05, 4.69) is 13.8 Å². The van der Waals surface area contributed by atoms with Crippen LogP contribution in [0.2, 0.25) is 0 Å². The number of hydrogen-bond acceptors (Lipinski definition) is 8. The van der Waals surface area contributed by atoms with Crippen LogP contribution in [-0.4, -0.2) is 33.9 Å². The Morgan fingerprint density at radius 3 is 2.17 bits per heavy atom. The Balaban J connectivity index is 1.61. The second kappa shape index (κ2) is 9.97. The van der Waals surface area contributed by atoms with Gasteiger partial charge in [-0.15, -0.1) is 0 Å². The van der Waals surface area contributed by atoms with Gasteiger partial charge in [0.2, 0.25) is 5.75 Å². The molecule has 4 rings (SSSR count). The summed E-state index contributed by atoms with van der Waals surface area (Å²) in [6.07, 6.45) is 0. The third kappa shape index (κ3) is 4.73. The monoisotopic (exact) mass is 478 g/mol. The van der Waals surface area contributed by atoms with Crippen molar-refractivity contribution in [3.63, 3.8) is 0 Å². The minimum absolute atomic E-state index is 0.211. The van der Waals surface area contributed by atoms with E-state index in [1.165, 1.54) is 33.0 Å². The normalized spacial score (nSPS) is 11.0. The van der Waals surface area contributed by atoms with Gasteiger partial charge in [0.1, 0.15) is 17.1 Å². The van der Waals surface area contributed by atoms with E-state index in [4.69, 9.17) is 28.1 Å². The van der Waals surface area contributed by atoms with Crippen LogP contribution < -0.4 is 29.3 Å². The van der Waals surface area contributed by atoms with Gasteiger partial charge >= 0.3 is 11.6 Å². The van der Waals surface area contributed by atoms with E-state index in [1.54, 1.807) is 18.2 Å². The summed E-state index contributed by atoms with van der Waals surface area (Å²) in [4.78, 5) is 25.1. The summed E-state index contributed by atoms with van der Waals surface area (Å²) in [6, 6.07) is 13.9. The van der Waals surface area contributed by atoms with Crippen LogP contribution in [-0.2, 0) is 4.79 Å². The van der Waals surface area contributed by atoms with Gasteiger partial charge in [-0.3, -0.25) is 0 Å². The molecule has 0 bridgehead atoms. The number of carbonyl (C=O) groups is 1. The van der Waals surface area contributed by atoms with Crippen molar-refractivity contribution in [3.8, 4) is 28.7 Å². The zero-order chi connectivity index (χ0) is 25.1. The van der Waals surface area contributed by atoms with Crippen molar-refractivity contribution in [1.82, 2.24) is 0 Å². The Morgan fingerprint density at radius 2 is 1.54 bits per heavy atom. The topological polar surface area (TPSA) is 93.4 Å². The smallest absolute Gasteiger partial charge is 0.349 e. The summed E-state index contributed by atoms with van der Waals surface area (Å²) >= 11 is 0. The first kappa shape index (κ1) is 23.9. The highest BCUT2D eigenvalue weighted by Crippen LogP contribution is 2.45. The van der Waals surface area contributed by atoms with Gasteiger partial charge < -0.3 is 28.1 Å². The minimum atomic E-state index is -0.594. The Hall–Kier alpha value is -4.20. The van der Waals surface area contributed by atoms with Crippen molar-refractivity contribution in [1.29, 1.82) is 0 Å². The molecule has 4 aromatic rings. The third-order valence-corrected chi connectivity index (χ3v) is 5.61. The van der Waals surface area contributed by atoms with E-state index in [-0.39, 0.29) is 23.3 Å². The number of methoxy groups -OCH3 is 3. The van der Waals surface area contributed by atoms with E-state index in [0.717, 1.165) is 0 Å². The second-order valence-electron chi connectivity index (χ2n) is 8.10. The zero-order valence-corrected chi connectivity index (χ0v) is 20.2. The van der Waals surface area contributed by atoms with Crippen molar-refractivity contribution in [3.05, 3.63) is 64.5 Å². The highest BCUT2D eigenvalue weighted by molar-refractivity contribution is 6.10. The maximum Gasteiger partial charge on any atom is 0.349 e. The molecule has 1 aromatic heterocycles. The van der Waals surface area contributed by atoms with Crippen molar-refractivity contribution in [2.75, 3.05) is 27.9 Å². The molecule has 35 heavy (non-hydrogen) atoms. The van der Waals surface area contributed by atoms with E-state index in [1.807, 2.05) is 24.3 Å². The van der Waals surface area contributed by atoms with Crippen LogP contribution in [0.25, 0.3) is 21.7 Å². The van der Waals surface area contributed by atoms with Gasteiger partial charge in [-0.1, -0.05) is 26.0 Å². The van der Waals surface area contributed by atoms with Crippen molar-refractivity contribution in [2.45, 2.75) is 19.8 Å². The number of rotatable bonds is 8. The summed E-state index contributed by atoms with van der Waals surface area (Å²) in [6.45, 7) is 3.93. The number of ether oxygens (including phenoxy) is 5. The van der Waals surface area contributed by atoms with Crippen molar-refractivity contribution >= 4 is 27.7 Å². The van der Waals surface area contributed by atoms with Gasteiger partial charge in [-0.25, -0.2) is 9.59 Å². The Bertz CT molecular complexity index is 1430. The SMILES string of the molecule is COc1cc2c(=O)oc3cc(OC(=O)COc4ccc(C(C)C)cc4)ccc3c2c(OC)c1OC. The lowest BCUT2D eigenvalue weighted by Crippen LogP contribution is -2.17. The molecule has 0 saturated carbocycles. The summed E-state index contributed by atoms with van der Waals surface area (Å²) in [5, 5.41) is 1.36. The largest absolute Gasteiger partial charge is 0.493 e. The van der Waals surface area contributed by atoms with Crippen LogP contribution in [0.4, 0.5) is 0 Å². The predicted molar refractivity (Wildman–Crippen MR) is 131 cm³/mol. The van der Waals surface area contributed by atoms with Crippen LogP contribution >= 0.6 is 0 Å². The van der Waals surface area contributed by atoms with Gasteiger partial charge in [0.15, 0.2) is 18.1 Å². The number of fused-ring (bicyclic) bond motifs is 3. The summed E-state index contributed by atoms with van der Waals surface area (Å²) in [5.74, 6) is 1.62. The van der Waals surface area contributed by atoms with Crippen molar-refractivity contribution in [2.24, 2.45) is 0 Å². The minimum Gasteiger partial charge on any atom is -0.493 e. The molecule has 0 atom stereocenters. The molecule has 0 saturated heterocycles. The molecule has 0 unspecified atom stereocenters. The van der Waals surface area contributed by atoms with Crippen LogP contribution in [0.1, 0.15) is 25.3 Å². The maximum atomic E-state index is 12.7. The predicted octanol–water partition coefficient (Wildman–Crippen LogP) is 5.08. The second-order valence-corrected chi connectivity index (χ2v) is 8.10. The van der Waals surface area contributed by atoms with Gasteiger partial charge in [0.25, 0.3) is 0 Å². The number of esters is 1. The molecule has 0 amide bonds. The van der Waals surface area contributed by atoms with E-state index in [9.17, 15) is 9.59 Å². The zero-order valence-electron chi connectivity index (χ0n) is 20.2. The highest BCUT2D eigenvalue weighted by atomic mass is 16.6. The molecular weight excluding hydrogens is 452 g/mol. The molecular formula is C27H26O8. The number of benzene rings is 3. The van der Waals surface area contributed by atoms with Gasteiger partial charge in [-0.2, -0.15) is 0 Å². The molecule has 0 aliphatic carbocycles. The van der Waals surface area contributed by atoms with Crippen molar-refractivity contribution < 1.29 is 32.9 Å². The van der Waals surface area contributed by atoms with Gasteiger partial charge in [0.05, 0.1) is 26.7 Å². The molecule has 3 aromatic carbocycles. The van der Waals surface area contributed by atoms with E-state index >= 15 is 0 Å². The lowest BCUT2D eigenvalue weighted by molar-refractivity contribution is -0.136. The number of hydrogen-bond donors (Lipinski definition) is 0. The molecule has 8 heteroatoms. The molecule has 1 heterocycles. The molecule has 0 fully saturated rings. The Kier molecular flexibility index (Phi) is 6.82. The standard InChI is InChI=1S/C27H26O8/c1-15(2)16-6-8-17(9-7-16)33-14-23(28)34-18-10-11-19-21(12-18)35-27(29)20-13-22(30-3)25(31-4)26(32-5)24(19)20/h6-13,15H,14H2,1-5H3. The fourth-order valence-corrected chi connectivity index (χ4v) is 3.85. The quantitative estimate of drug-likeness (QED) is 0.150. The fourth-order valence-electron chi connectivity index (χ4n) is 3.85. The highest BCUT2D eigenvalue weighted by Gasteiger charge is 2.21. The molecule has 8 nitrogen and oxygen atoms in total. The molecule has 0 spiro atoms. The van der Waals surface area contributed by atoms with Crippen LogP contribution in [0, 0.1) is 0 Å². The third-order valence-electron chi connectivity index (χ3n) is 5.61. The molecule has 0 aliphatic rings. The Morgan fingerprint density at radius 1 is 0.857 bits per heavy atom. The summed E-state index contributed by atoms with van der Waals surface area (Å²) in [7, 11) is 4.43. The first-order chi connectivity index (χ1) is 16.9. The fraction of sp³-hybridized carbons (Fsp3) is 0.259. The van der Waals surface area contributed by atoms with E-state index in [0.29, 0.717) is 39.7 Å². The average Bonchev–Trinajstić information content (AvgIpc) is 2.86. The van der Waals surface area contributed by atoms with Gasteiger partial charge in [-0.05, 0) is 41.8 Å². The van der Waals surface area contributed by atoms with Gasteiger partial charge in [0, 0.05) is 16.8 Å². The van der Waals surface area contributed by atoms with Crippen LogP contribution in [0.15, 0.2) is 57.7 Å². The van der Waals surface area contributed by atoms with Crippen LogP contribution in [0.5, 0.6) is 28.7 Å². The Labute approximate surface area is 201 Å². The lowest BCUT2D eigenvalue weighted by Gasteiger charge is -2.15. The first-order valence-corrected chi connectivity index (χ1v) is 11.0.